The van der Waals surface area contributed by atoms with Gasteiger partial charge in [-0.25, -0.2) is 0 Å². The van der Waals surface area contributed by atoms with Crippen LogP contribution >= 0.6 is 0 Å². The number of likely N-dealkylation sites (N-methyl/N-ethyl adjacent to an activating group) is 1. The van der Waals surface area contributed by atoms with Gasteiger partial charge in [0.05, 0.1) is 18.3 Å². The lowest BCUT2D eigenvalue weighted by Crippen LogP contribution is -2.40. The first-order valence-corrected chi connectivity index (χ1v) is 10.3. The lowest BCUT2D eigenvalue weighted by atomic mass is 9.82. The van der Waals surface area contributed by atoms with Gasteiger partial charge in [-0.05, 0) is 28.8 Å². The van der Waals surface area contributed by atoms with Gasteiger partial charge in [-0.15, -0.1) is 5.06 Å². The van der Waals surface area contributed by atoms with Crippen LogP contribution in [0.25, 0.3) is 11.3 Å². The molecule has 0 aromatic heterocycles. The highest BCUT2D eigenvalue weighted by Crippen LogP contribution is 2.57. The molecule has 0 spiro atoms. The Bertz CT molecular complexity index is 1070. The summed E-state index contributed by atoms with van der Waals surface area (Å²) in [5.74, 6) is 1.01. The van der Waals surface area contributed by atoms with Gasteiger partial charge >= 0.3 is 0 Å². The fourth-order valence-corrected chi connectivity index (χ4v) is 5.29. The van der Waals surface area contributed by atoms with Crippen LogP contribution in [-0.4, -0.2) is 24.1 Å². The number of nitrogens with zero attached hydrogens (tertiary/aromatic N) is 2. The molecule has 5 rings (SSSR count). The number of carbonyl (C=O) groups excluding carboxylic acids is 1. The Morgan fingerprint density at radius 3 is 2.55 bits per heavy atom. The van der Waals surface area contributed by atoms with E-state index >= 15 is 0 Å². The molecule has 150 valence electrons. The molecule has 4 heteroatoms. The van der Waals surface area contributed by atoms with E-state index in [2.05, 4.69) is 38.1 Å². The normalized spacial score (nSPS) is 22.0. The average molecular weight is 389 g/mol. The van der Waals surface area contributed by atoms with Gasteiger partial charge in [-0.1, -0.05) is 65.0 Å². The quantitative estimate of drug-likeness (QED) is 0.638. The standard InChI is InChI=1S/C25H28N2O2/c1-24(2,3)23(28)27-14-15-10-9-12-17-19(15)20-21(16-11-7-8-13-18(16)27)29-26(6)22(20)25(17,4)5/h7-13,22H,14H2,1-6H3. The van der Waals surface area contributed by atoms with Crippen LogP contribution in [0.3, 0.4) is 0 Å². The second kappa shape index (κ2) is 5.73. The molecule has 1 atom stereocenters. The Hall–Kier alpha value is -2.59. The summed E-state index contributed by atoms with van der Waals surface area (Å²) < 4.78 is 0. The van der Waals surface area contributed by atoms with Gasteiger partial charge in [0.25, 0.3) is 0 Å². The monoisotopic (exact) mass is 388 g/mol. The Kier molecular flexibility index (Phi) is 3.64. The molecule has 1 unspecified atom stereocenters. The van der Waals surface area contributed by atoms with Crippen LogP contribution in [0.15, 0.2) is 42.5 Å². The number of amides is 1. The van der Waals surface area contributed by atoms with Crippen molar-refractivity contribution < 1.29 is 9.63 Å². The van der Waals surface area contributed by atoms with E-state index in [4.69, 9.17) is 4.84 Å². The van der Waals surface area contributed by atoms with E-state index in [9.17, 15) is 4.79 Å². The average Bonchev–Trinajstić information content (AvgIpc) is 3.12. The van der Waals surface area contributed by atoms with E-state index in [1.54, 1.807) is 0 Å². The molecule has 0 bridgehead atoms. The van der Waals surface area contributed by atoms with Crippen molar-refractivity contribution in [2.75, 3.05) is 11.9 Å². The van der Waals surface area contributed by atoms with Crippen molar-refractivity contribution in [2.24, 2.45) is 5.41 Å². The number of anilines is 1. The lowest BCUT2D eigenvalue weighted by molar-refractivity contribution is -0.125. The van der Waals surface area contributed by atoms with Gasteiger partial charge in [-0.2, -0.15) is 0 Å². The molecule has 1 amide bonds. The van der Waals surface area contributed by atoms with E-state index in [1.165, 1.54) is 22.3 Å². The van der Waals surface area contributed by atoms with E-state index in [0.29, 0.717) is 6.54 Å². The molecule has 0 N–H and O–H groups in total. The number of hydroxylamine groups is 2. The topological polar surface area (TPSA) is 32.8 Å². The summed E-state index contributed by atoms with van der Waals surface area (Å²) >= 11 is 0. The maximum absolute atomic E-state index is 13.5. The largest absolute Gasteiger partial charge is 0.405 e. The Balaban J connectivity index is 1.86. The van der Waals surface area contributed by atoms with Crippen LogP contribution in [0.4, 0.5) is 5.69 Å². The van der Waals surface area contributed by atoms with Crippen molar-refractivity contribution in [3.05, 3.63) is 64.7 Å². The predicted molar refractivity (Wildman–Crippen MR) is 116 cm³/mol. The summed E-state index contributed by atoms with van der Waals surface area (Å²) in [6, 6.07) is 14.8. The first-order chi connectivity index (χ1) is 13.6. The molecule has 0 saturated heterocycles. The molecule has 0 fully saturated rings. The van der Waals surface area contributed by atoms with Crippen LogP contribution in [0.5, 0.6) is 0 Å². The van der Waals surface area contributed by atoms with E-state index in [1.807, 2.05) is 56.0 Å². The zero-order valence-corrected chi connectivity index (χ0v) is 18.0. The summed E-state index contributed by atoms with van der Waals surface area (Å²) in [7, 11) is 2.02. The zero-order chi connectivity index (χ0) is 20.7. The minimum atomic E-state index is -0.476. The summed E-state index contributed by atoms with van der Waals surface area (Å²) in [6.07, 6.45) is 0. The van der Waals surface area contributed by atoms with Crippen LogP contribution in [0.1, 0.15) is 56.9 Å². The molecule has 2 aromatic rings. The second-order valence-electron chi connectivity index (χ2n) is 10.0. The number of fused-ring (bicyclic) bond motifs is 2. The summed E-state index contributed by atoms with van der Waals surface area (Å²) in [5, 5.41) is 1.99. The lowest BCUT2D eigenvalue weighted by Gasteiger charge is -2.34. The smallest absolute Gasteiger partial charge is 0.232 e. The summed E-state index contributed by atoms with van der Waals surface area (Å²) in [6.45, 7) is 11.1. The molecule has 3 aliphatic rings. The van der Waals surface area contributed by atoms with Gasteiger partial charge in [0.1, 0.15) is 0 Å². The van der Waals surface area contributed by atoms with Gasteiger partial charge in [0.15, 0.2) is 5.76 Å². The van der Waals surface area contributed by atoms with Crippen LogP contribution < -0.4 is 4.90 Å². The molecular weight excluding hydrogens is 360 g/mol. The second-order valence-corrected chi connectivity index (χ2v) is 10.0. The SMILES string of the molecule is CN1OC2=C3c4c(cccc4C(C)(C)C31)CN(C(=O)C(C)(C)C)c1ccccc12. The zero-order valence-electron chi connectivity index (χ0n) is 18.0. The van der Waals surface area contributed by atoms with Gasteiger partial charge in [0.2, 0.25) is 5.91 Å². The number of para-hydroxylation sites is 1. The highest BCUT2D eigenvalue weighted by molar-refractivity contribution is 6.05. The van der Waals surface area contributed by atoms with E-state index < -0.39 is 5.41 Å². The third kappa shape index (κ3) is 2.39. The maximum Gasteiger partial charge on any atom is 0.232 e. The van der Waals surface area contributed by atoms with Crippen molar-refractivity contribution in [2.45, 2.75) is 52.6 Å². The van der Waals surface area contributed by atoms with E-state index in [0.717, 1.165) is 17.0 Å². The van der Waals surface area contributed by atoms with E-state index in [-0.39, 0.29) is 17.4 Å². The third-order valence-electron chi connectivity index (χ3n) is 6.57. The van der Waals surface area contributed by atoms with Gasteiger partial charge in [0, 0.05) is 29.0 Å². The van der Waals surface area contributed by atoms with Gasteiger partial charge in [-0.3, -0.25) is 4.79 Å². The molecule has 0 saturated carbocycles. The summed E-state index contributed by atoms with van der Waals surface area (Å²) in [4.78, 5) is 21.8. The fourth-order valence-electron chi connectivity index (χ4n) is 5.29. The molecule has 1 aliphatic carbocycles. The number of rotatable bonds is 0. The number of hydrogen-bond donors (Lipinski definition) is 0. The minimum absolute atomic E-state index is 0.0741. The molecule has 29 heavy (non-hydrogen) atoms. The molecule has 0 radical (unpaired) electrons. The van der Waals surface area contributed by atoms with Gasteiger partial charge < -0.3 is 9.74 Å². The van der Waals surface area contributed by atoms with Crippen molar-refractivity contribution in [3.63, 3.8) is 0 Å². The first kappa shape index (κ1) is 18.4. The number of hydrogen-bond acceptors (Lipinski definition) is 3. The van der Waals surface area contributed by atoms with Crippen LogP contribution in [-0.2, 0) is 21.6 Å². The Morgan fingerprint density at radius 2 is 1.83 bits per heavy atom. The Labute approximate surface area is 172 Å². The van der Waals surface area contributed by atoms with Crippen molar-refractivity contribution in [1.29, 1.82) is 0 Å². The molecule has 2 aromatic carbocycles. The van der Waals surface area contributed by atoms with Crippen molar-refractivity contribution >= 4 is 22.9 Å². The van der Waals surface area contributed by atoms with Crippen LogP contribution in [0.2, 0.25) is 0 Å². The minimum Gasteiger partial charge on any atom is -0.405 e. The summed E-state index contributed by atoms with van der Waals surface area (Å²) in [5.41, 5.74) is 6.42. The molecule has 2 heterocycles. The highest BCUT2D eigenvalue weighted by atomic mass is 16.7. The Morgan fingerprint density at radius 1 is 1.10 bits per heavy atom. The van der Waals surface area contributed by atoms with Crippen molar-refractivity contribution in [3.8, 4) is 0 Å². The first-order valence-electron chi connectivity index (χ1n) is 10.3. The third-order valence-corrected chi connectivity index (χ3v) is 6.57. The number of benzene rings is 2. The van der Waals surface area contributed by atoms with Crippen molar-refractivity contribution in [1.82, 2.24) is 5.06 Å². The predicted octanol–water partition coefficient (Wildman–Crippen LogP) is 4.98. The molecule has 4 nitrogen and oxygen atoms in total. The molecular formula is C25H28N2O2. The fraction of sp³-hybridized carbons (Fsp3) is 0.400. The number of carbonyl (C=O) groups is 1. The highest BCUT2D eigenvalue weighted by Gasteiger charge is 2.53. The molecule has 2 aliphatic heterocycles. The van der Waals surface area contributed by atoms with Crippen LogP contribution in [0, 0.1) is 5.41 Å². The maximum atomic E-state index is 13.5.